The van der Waals surface area contributed by atoms with Crippen molar-refractivity contribution in [1.29, 1.82) is 0 Å². The Bertz CT molecular complexity index is 433. The Morgan fingerprint density at radius 1 is 1.35 bits per heavy atom. The van der Waals surface area contributed by atoms with Crippen molar-refractivity contribution in [1.82, 2.24) is 4.90 Å². The first-order valence-electron chi connectivity index (χ1n) is 6.22. The normalized spacial score (nSPS) is 32.6. The third-order valence-corrected chi connectivity index (χ3v) is 4.26. The quantitative estimate of drug-likeness (QED) is 0.707. The molecule has 0 N–H and O–H groups in total. The molecule has 0 bridgehead atoms. The average Bonchev–Trinajstić information content (AvgIpc) is 2.69. The van der Waals surface area contributed by atoms with Gasteiger partial charge in [-0.1, -0.05) is 42.5 Å². The second kappa shape index (κ2) is 4.07. The van der Waals surface area contributed by atoms with Crippen molar-refractivity contribution in [2.45, 2.75) is 38.0 Å². The van der Waals surface area contributed by atoms with E-state index in [1.807, 2.05) is 6.07 Å². The summed E-state index contributed by atoms with van der Waals surface area (Å²) in [6.45, 7) is 2.92. The molecule has 0 aromatic heterocycles. The number of thiocarbonyl (C=S) groups is 1. The minimum absolute atomic E-state index is 0.171. The summed E-state index contributed by atoms with van der Waals surface area (Å²) >= 11 is 5.54. The number of benzene rings is 1. The van der Waals surface area contributed by atoms with Gasteiger partial charge in [-0.25, -0.2) is 0 Å². The van der Waals surface area contributed by atoms with E-state index < -0.39 is 0 Å². The van der Waals surface area contributed by atoms with Crippen LogP contribution in [0.1, 0.15) is 37.8 Å². The smallest absolute Gasteiger partial charge is 0.139 e. The SMILES string of the molecule is C[C@@]12CCCC(=S)N1[C@@H](c1ccccc1)CO2. The molecule has 2 atom stereocenters. The molecular weight excluding hydrogens is 230 g/mol. The van der Waals surface area contributed by atoms with E-state index in [-0.39, 0.29) is 5.72 Å². The predicted molar refractivity (Wildman–Crippen MR) is 71.8 cm³/mol. The lowest BCUT2D eigenvalue weighted by Gasteiger charge is -2.42. The predicted octanol–water partition coefficient (Wildman–Crippen LogP) is 3.29. The van der Waals surface area contributed by atoms with Gasteiger partial charge in [0, 0.05) is 0 Å². The first kappa shape index (κ1) is 11.2. The van der Waals surface area contributed by atoms with Crippen LogP contribution in [0.4, 0.5) is 0 Å². The van der Waals surface area contributed by atoms with Gasteiger partial charge in [0.25, 0.3) is 0 Å². The lowest BCUT2D eigenvalue weighted by Crippen LogP contribution is -2.49. The Labute approximate surface area is 108 Å². The Morgan fingerprint density at radius 2 is 2.12 bits per heavy atom. The molecule has 0 saturated carbocycles. The van der Waals surface area contributed by atoms with Gasteiger partial charge < -0.3 is 9.64 Å². The van der Waals surface area contributed by atoms with E-state index in [1.54, 1.807) is 0 Å². The van der Waals surface area contributed by atoms with Crippen molar-refractivity contribution in [2.75, 3.05) is 6.61 Å². The van der Waals surface area contributed by atoms with E-state index >= 15 is 0 Å². The number of piperidine rings is 1. The molecule has 0 radical (unpaired) electrons. The van der Waals surface area contributed by atoms with Crippen LogP contribution in [0.25, 0.3) is 0 Å². The van der Waals surface area contributed by atoms with Gasteiger partial charge in [0.1, 0.15) is 5.72 Å². The number of hydrogen-bond donors (Lipinski definition) is 0. The van der Waals surface area contributed by atoms with Gasteiger partial charge in [0.05, 0.1) is 17.6 Å². The second-order valence-corrected chi connectivity index (χ2v) is 5.50. The highest BCUT2D eigenvalue weighted by atomic mass is 32.1. The maximum atomic E-state index is 6.02. The first-order valence-corrected chi connectivity index (χ1v) is 6.63. The highest BCUT2D eigenvalue weighted by molar-refractivity contribution is 7.80. The summed E-state index contributed by atoms with van der Waals surface area (Å²) in [6.07, 6.45) is 3.25. The molecular formula is C14H17NOS. The van der Waals surface area contributed by atoms with Crippen LogP contribution in [0.2, 0.25) is 0 Å². The number of hydrogen-bond acceptors (Lipinski definition) is 2. The Kier molecular flexibility index (Phi) is 2.68. The highest BCUT2D eigenvalue weighted by Gasteiger charge is 2.47. The van der Waals surface area contributed by atoms with Crippen molar-refractivity contribution < 1.29 is 4.74 Å². The summed E-state index contributed by atoms with van der Waals surface area (Å²) in [5.74, 6) is 0. The van der Waals surface area contributed by atoms with Gasteiger partial charge in [0.2, 0.25) is 0 Å². The molecule has 3 heteroatoms. The van der Waals surface area contributed by atoms with Gasteiger partial charge in [-0.15, -0.1) is 0 Å². The van der Waals surface area contributed by atoms with E-state index in [9.17, 15) is 0 Å². The number of fused-ring (bicyclic) bond motifs is 1. The van der Waals surface area contributed by atoms with E-state index in [0.717, 1.165) is 30.9 Å². The molecule has 0 spiro atoms. The molecule has 1 aromatic carbocycles. The van der Waals surface area contributed by atoms with E-state index in [0.29, 0.717) is 6.04 Å². The van der Waals surface area contributed by atoms with E-state index in [1.165, 1.54) is 5.56 Å². The van der Waals surface area contributed by atoms with Gasteiger partial charge in [-0.05, 0) is 31.7 Å². The van der Waals surface area contributed by atoms with Gasteiger partial charge in [-0.2, -0.15) is 0 Å². The largest absolute Gasteiger partial charge is 0.353 e. The standard InChI is InChI=1S/C14H17NOS/c1-14-9-5-8-13(17)15(14)12(10-16-14)11-6-3-2-4-7-11/h2-4,6-7,12H,5,8-10H2,1H3/t12-,14-/m1/s1. The van der Waals surface area contributed by atoms with Crippen molar-refractivity contribution >= 4 is 17.2 Å². The summed E-state index contributed by atoms with van der Waals surface area (Å²) in [5.41, 5.74) is 1.14. The lowest BCUT2D eigenvalue weighted by molar-refractivity contribution is -0.0537. The van der Waals surface area contributed by atoms with E-state index in [4.69, 9.17) is 17.0 Å². The average molecular weight is 247 g/mol. The fourth-order valence-corrected chi connectivity index (χ4v) is 3.44. The molecule has 2 saturated heterocycles. The van der Waals surface area contributed by atoms with E-state index in [2.05, 4.69) is 36.1 Å². The van der Waals surface area contributed by atoms with Crippen LogP contribution in [-0.2, 0) is 4.74 Å². The van der Waals surface area contributed by atoms with Crippen molar-refractivity contribution in [3.63, 3.8) is 0 Å². The zero-order valence-corrected chi connectivity index (χ0v) is 10.9. The van der Waals surface area contributed by atoms with Crippen LogP contribution in [-0.4, -0.2) is 22.2 Å². The Morgan fingerprint density at radius 3 is 2.88 bits per heavy atom. The van der Waals surface area contributed by atoms with Crippen molar-refractivity contribution in [2.24, 2.45) is 0 Å². The van der Waals surface area contributed by atoms with Crippen LogP contribution in [0.15, 0.2) is 30.3 Å². The molecule has 2 heterocycles. The molecule has 2 nitrogen and oxygen atoms in total. The third-order valence-electron chi connectivity index (χ3n) is 3.86. The monoisotopic (exact) mass is 247 g/mol. The van der Waals surface area contributed by atoms with Gasteiger partial charge in [-0.3, -0.25) is 0 Å². The van der Waals surface area contributed by atoms with Crippen molar-refractivity contribution in [3.05, 3.63) is 35.9 Å². The molecule has 2 aliphatic rings. The van der Waals surface area contributed by atoms with Crippen LogP contribution in [0.5, 0.6) is 0 Å². The molecule has 17 heavy (non-hydrogen) atoms. The fraction of sp³-hybridized carbons (Fsp3) is 0.500. The summed E-state index contributed by atoms with van der Waals surface area (Å²) in [5, 5.41) is 0. The number of ether oxygens (including phenoxy) is 1. The third kappa shape index (κ3) is 1.78. The maximum Gasteiger partial charge on any atom is 0.139 e. The number of nitrogens with zero attached hydrogens (tertiary/aromatic N) is 1. The minimum atomic E-state index is -0.171. The summed E-state index contributed by atoms with van der Waals surface area (Å²) < 4.78 is 6.02. The second-order valence-electron chi connectivity index (χ2n) is 5.03. The molecule has 2 fully saturated rings. The minimum Gasteiger partial charge on any atom is -0.353 e. The zero-order chi connectivity index (χ0) is 11.9. The molecule has 0 amide bonds. The van der Waals surface area contributed by atoms with Crippen LogP contribution in [0.3, 0.4) is 0 Å². The molecule has 0 aliphatic carbocycles. The summed E-state index contributed by atoms with van der Waals surface area (Å²) in [4.78, 5) is 3.38. The molecule has 1 aromatic rings. The molecule has 2 aliphatic heterocycles. The number of rotatable bonds is 1. The highest BCUT2D eigenvalue weighted by Crippen LogP contribution is 2.43. The Hall–Kier alpha value is -0.930. The van der Waals surface area contributed by atoms with Gasteiger partial charge >= 0.3 is 0 Å². The van der Waals surface area contributed by atoms with Crippen molar-refractivity contribution in [3.8, 4) is 0 Å². The molecule has 3 rings (SSSR count). The topological polar surface area (TPSA) is 12.5 Å². The first-order chi connectivity index (χ1) is 8.21. The lowest BCUT2D eigenvalue weighted by atomic mass is 9.97. The molecule has 0 unspecified atom stereocenters. The summed E-state index contributed by atoms with van der Waals surface area (Å²) in [7, 11) is 0. The summed E-state index contributed by atoms with van der Waals surface area (Å²) in [6, 6.07) is 10.8. The molecule has 90 valence electrons. The van der Waals surface area contributed by atoms with Crippen LogP contribution in [0, 0.1) is 0 Å². The van der Waals surface area contributed by atoms with Crippen LogP contribution < -0.4 is 0 Å². The zero-order valence-electron chi connectivity index (χ0n) is 10.1. The fourth-order valence-electron chi connectivity index (χ4n) is 2.97. The maximum absolute atomic E-state index is 6.02. The Balaban J connectivity index is 1.95. The van der Waals surface area contributed by atoms with Crippen LogP contribution >= 0.6 is 12.2 Å². The van der Waals surface area contributed by atoms with Gasteiger partial charge in [0.15, 0.2) is 0 Å².